The zero-order chi connectivity index (χ0) is 27.6. The van der Waals surface area contributed by atoms with Gasteiger partial charge in [0.1, 0.15) is 0 Å². The summed E-state index contributed by atoms with van der Waals surface area (Å²) in [5, 5.41) is 4.78. The Morgan fingerprint density at radius 3 is 2.08 bits per heavy atom. The Kier molecular flexibility index (Phi) is 8.14. The van der Waals surface area contributed by atoms with E-state index in [1.165, 1.54) is 32.7 Å². The van der Waals surface area contributed by atoms with Crippen LogP contribution < -0.4 is 13.6 Å². The van der Waals surface area contributed by atoms with Crippen LogP contribution in [0, 0.1) is 6.92 Å². The van der Waals surface area contributed by atoms with Gasteiger partial charge in [-0.2, -0.15) is 0 Å². The van der Waals surface area contributed by atoms with Crippen molar-refractivity contribution in [3.63, 3.8) is 0 Å². The van der Waals surface area contributed by atoms with Crippen molar-refractivity contribution in [3.8, 4) is 17.2 Å². The second kappa shape index (κ2) is 11.9. The summed E-state index contributed by atoms with van der Waals surface area (Å²) in [5.41, 5.74) is 5.76. The van der Waals surface area contributed by atoms with E-state index in [2.05, 4.69) is 134 Å². The van der Waals surface area contributed by atoms with Crippen LogP contribution in [0.4, 0.5) is 0 Å². The summed E-state index contributed by atoms with van der Waals surface area (Å²) < 4.78 is 20.5. The summed E-state index contributed by atoms with van der Waals surface area (Å²) in [4.78, 5) is 0. The van der Waals surface area contributed by atoms with E-state index in [4.69, 9.17) is 13.6 Å². The van der Waals surface area contributed by atoms with Gasteiger partial charge >= 0.3 is 253 Å². The van der Waals surface area contributed by atoms with E-state index in [1.54, 1.807) is 0 Å². The Morgan fingerprint density at radius 2 is 1.50 bits per heavy atom. The molecule has 5 aromatic rings. The van der Waals surface area contributed by atoms with E-state index < -0.39 is 8.60 Å². The molecule has 1 heterocycles. The second-order valence-electron chi connectivity index (χ2n) is 10.2. The summed E-state index contributed by atoms with van der Waals surface area (Å²) >= 11 is 2.54. The van der Waals surface area contributed by atoms with E-state index in [0.29, 0.717) is 10.3 Å². The molecule has 1 aliphatic heterocycles. The topological polar surface area (TPSA) is 27.7 Å². The molecule has 0 N–H and O–H groups in total. The van der Waals surface area contributed by atoms with Crippen molar-refractivity contribution in [2.75, 3.05) is 0 Å². The first-order chi connectivity index (χ1) is 19.6. The van der Waals surface area contributed by atoms with Crippen molar-refractivity contribution in [2.45, 2.75) is 43.9 Å². The first-order valence-corrected chi connectivity index (χ1v) is 16.2. The minimum absolute atomic E-state index is 0.318. The van der Waals surface area contributed by atoms with Gasteiger partial charge in [0.2, 0.25) is 0 Å². The van der Waals surface area contributed by atoms with E-state index in [-0.39, 0.29) is 0 Å². The predicted molar refractivity (Wildman–Crippen MR) is 179 cm³/mol. The first kappa shape index (κ1) is 27.3. The zero-order valence-corrected chi connectivity index (χ0v) is 26.0. The Balaban J connectivity index is 1.53. The summed E-state index contributed by atoms with van der Waals surface area (Å²) in [5.74, 6) is 4.57. The molecule has 3 nitrogen and oxygen atoms in total. The first-order valence-electron chi connectivity index (χ1n) is 13.8. The van der Waals surface area contributed by atoms with Crippen molar-refractivity contribution >= 4 is 65.6 Å². The number of hydrogen-bond acceptors (Lipinski definition) is 3. The molecule has 5 aromatic carbocycles. The van der Waals surface area contributed by atoms with Gasteiger partial charge in [0.15, 0.2) is 0 Å². The minimum atomic E-state index is -1.80. The number of aryl methyl sites for hydroxylation is 1. The monoisotopic (exact) mass is 656 g/mol. The molecule has 1 aliphatic rings. The maximum absolute atomic E-state index is 6.83. The molecule has 0 spiro atoms. The van der Waals surface area contributed by atoms with Crippen LogP contribution in [0.5, 0.6) is 17.2 Å². The maximum atomic E-state index is 6.83. The Bertz CT molecular complexity index is 1650. The molecule has 0 saturated carbocycles. The Hall–Kier alpha value is -2.89. The molecule has 6 rings (SSSR count). The third kappa shape index (κ3) is 5.39. The van der Waals surface area contributed by atoms with E-state index in [0.717, 1.165) is 46.8 Å². The Morgan fingerprint density at radius 1 is 0.900 bits per heavy atom. The summed E-state index contributed by atoms with van der Waals surface area (Å²) in [6.07, 6.45) is 2.88. The van der Waals surface area contributed by atoms with Crippen molar-refractivity contribution < 1.29 is 13.6 Å². The molecule has 200 valence electrons. The molecule has 0 aromatic heterocycles. The van der Waals surface area contributed by atoms with Gasteiger partial charge < -0.3 is 0 Å². The van der Waals surface area contributed by atoms with Gasteiger partial charge in [-0.1, -0.05) is 0 Å². The van der Waals surface area contributed by atoms with Crippen LogP contribution in [-0.4, -0.2) is 12.9 Å². The number of fused-ring (bicyclic) bond motifs is 6. The molecule has 0 fully saturated rings. The molecule has 0 amide bonds. The second-order valence-corrected chi connectivity index (χ2v) is 12.7. The summed E-state index contributed by atoms with van der Waals surface area (Å²) in [6.45, 7) is 8.47. The van der Waals surface area contributed by atoms with Gasteiger partial charge in [-0.05, 0) is 0 Å². The van der Waals surface area contributed by atoms with Crippen LogP contribution >= 0.6 is 31.2 Å². The molecule has 1 atom stereocenters. The van der Waals surface area contributed by atoms with Gasteiger partial charge in [0.05, 0.1) is 0 Å². The van der Waals surface area contributed by atoms with Gasteiger partial charge in [-0.25, -0.2) is 0 Å². The zero-order valence-electron chi connectivity index (χ0n) is 23.0. The van der Waals surface area contributed by atoms with Gasteiger partial charge in [0.25, 0.3) is 0 Å². The number of hydrogen-bond donors (Lipinski definition) is 0. The molecule has 40 heavy (non-hydrogen) atoms. The van der Waals surface area contributed by atoms with E-state index in [1.807, 2.05) is 6.82 Å². The number of halogens is 1. The fourth-order valence-electron chi connectivity index (χ4n) is 5.52. The molecule has 0 aliphatic carbocycles. The number of alkyl halides is 1. The fraction of sp³-hybridized carbons (Fsp3) is 0.206. The van der Waals surface area contributed by atoms with Crippen LogP contribution in [0.1, 0.15) is 51.5 Å². The SMILES string of the molecule is CB=Cc1cc(C)cc(C(I)CCC)c1OP1Oc2ccc3ccccc3c2Cc2c(ccc3ccccc23)O1. The fourth-order valence-corrected chi connectivity index (χ4v) is 7.74. The van der Waals surface area contributed by atoms with Crippen molar-refractivity contribution in [3.05, 3.63) is 113 Å². The van der Waals surface area contributed by atoms with Crippen molar-refractivity contribution in [1.82, 2.24) is 0 Å². The van der Waals surface area contributed by atoms with Gasteiger partial charge in [0, 0.05) is 0 Å². The molecule has 0 bridgehead atoms. The number of rotatable bonds is 6. The van der Waals surface area contributed by atoms with Crippen LogP contribution in [0.25, 0.3) is 21.5 Å². The van der Waals surface area contributed by atoms with Crippen LogP contribution in [0.2, 0.25) is 6.82 Å². The van der Waals surface area contributed by atoms with Crippen molar-refractivity contribution in [1.29, 1.82) is 0 Å². The van der Waals surface area contributed by atoms with Gasteiger partial charge in [-0.3, -0.25) is 0 Å². The average Bonchev–Trinajstić information content (AvgIpc) is 2.95. The third-order valence-electron chi connectivity index (χ3n) is 7.38. The summed E-state index contributed by atoms with van der Waals surface area (Å²) in [7, 11) is -1.80. The van der Waals surface area contributed by atoms with Crippen molar-refractivity contribution in [2.24, 2.45) is 0 Å². The van der Waals surface area contributed by atoms with E-state index in [9.17, 15) is 0 Å². The van der Waals surface area contributed by atoms with Crippen LogP contribution in [0.3, 0.4) is 0 Å². The van der Waals surface area contributed by atoms with Crippen LogP contribution in [0.15, 0.2) is 84.9 Å². The molecular formula is C34H31BIO3P. The van der Waals surface area contributed by atoms with Crippen LogP contribution in [-0.2, 0) is 6.42 Å². The van der Waals surface area contributed by atoms with E-state index >= 15 is 0 Å². The Labute approximate surface area is 251 Å². The molecular weight excluding hydrogens is 625 g/mol. The average molecular weight is 656 g/mol. The quantitative estimate of drug-likeness (QED) is 0.0789. The molecule has 6 heteroatoms. The third-order valence-corrected chi connectivity index (χ3v) is 9.69. The normalized spacial score (nSPS) is 14.0. The predicted octanol–water partition coefficient (Wildman–Crippen LogP) is 10.1. The summed E-state index contributed by atoms with van der Waals surface area (Å²) in [6, 6.07) is 29.8. The molecule has 0 saturated heterocycles. The number of benzene rings is 5. The molecule has 1 unspecified atom stereocenters. The molecule has 0 radical (unpaired) electrons. The standard InChI is InChI=1S/C34H31BIO3P/c1-4-9-31(36)30-19-22(2)18-25(21-35-3)34(30)39-40-37-32-16-14-23-10-5-7-12-26(23)28(32)20-29-27-13-8-6-11-24(27)15-17-33(29)38-40/h5-8,10-19,21,31H,4,9,20H2,1-3H3. The van der Waals surface area contributed by atoms with Gasteiger partial charge in [-0.15, -0.1) is 0 Å².